The molecule has 44 valence electrons. The lowest BCUT2D eigenvalue weighted by atomic mass is 10.1. The van der Waals surface area contributed by atoms with Crippen LogP contribution in [0.5, 0.6) is 0 Å². The summed E-state index contributed by atoms with van der Waals surface area (Å²) >= 11 is 0. The average molecular weight is 113 g/mol. The highest BCUT2D eigenvalue weighted by Gasteiger charge is 2.03. The third-order valence-electron chi connectivity index (χ3n) is 0.701. The van der Waals surface area contributed by atoms with E-state index in [9.17, 15) is 4.79 Å². The lowest BCUT2D eigenvalue weighted by Gasteiger charge is -1.91. The van der Waals surface area contributed by atoms with Gasteiger partial charge in [0.15, 0.2) is 0 Å². The third kappa shape index (κ3) is 3.16. The maximum atomic E-state index is 9.82. The number of carboxylic acids is 1. The number of nitrogens with zero attached hydrogens (tertiary/aromatic N) is 1. The predicted molar refractivity (Wildman–Crippen MR) is 27.0 cm³/mol. The molecule has 3 nitrogen and oxygen atoms in total. The topological polar surface area (TPSA) is 61.1 Å². The maximum absolute atomic E-state index is 9.82. The summed E-state index contributed by atoms with van der Waals surface area (Å²) in [5.74, 6) is -1.29. The zero-order valence-corrected chi connectivity index (χ0v) is 4.59. The van der Waals surface area contributed by atoms with Crippen molar-refractivity contribution in [1.82, 2.24) is 0 Å². The zero-order valence-electron chi connectivity index (χ0n) is 4.59. The van der Waals surface area contributed by atoms with Crippen LogP contribution >= 0.6 is 0 Å². The molecule has 0 fully saturated rings. The van der Waals surface area contributed by atoms with E-state index in [0.29, 0.717) is 0 Å². The van der Waals surface area contributed by atoms with Crippen molar-refractivity contribution in [2.24, 2.45) is 5.92 Å². The molecule has 0 bridgehead atoms. The summed E-state index contributed by atoms with van der Waals surface area (Å²) in [6.07, 6.45) is -0.0590. The summed E-state index contributed by atoms with van der Waals surface area (Å²) in [7, 11) is 0. The van der Waals surface area contributed by atoms with Crippen LogP contribution in [0.4, 0.5) is 0 Å². The minimum Gasteiger partial charge on any atom is -0.481 e. The summed E-state index contributed by atoms with van der Waals surface area (Å²) in [5, 5.41) is 16.1. The number of carboxylic acid groups (broad SMARTS) is 1. The quantitative estimate of drug-likeness (QED) is 0.571. The molecule has 1 atom stereocenters. The number of nitriles is 1. The molecule has 0 aromatic heterocycles. The molecule has 0 aromatic carbocycles. The van der Waals surface area contributed by atoms with E-state index in [-0.39, 0.29) is 12.3 Å². The van der Waals surface area contributed by atoms with Gasteiger partial charge in [-0.15, -0.1) is 0 Å². The van der Waals surface area contributed by atoms with Crippen LogP contribution in [0.15, 0.2) is 0 Å². The van der Waals surface area contributed by atoms with Crippen LogP contribution in [0, 0.1) is 17.2 Å². The molecule has 0 spiro atoms. The fourth-order valence-electron chi connectivity index (χ4n) is 0.308. The van der Waals surface area contributed by atoms with Crippen molar-refractivity contribution in [3.8, 4) is 6.07 Å². The van der Waals surface area contributed by atoms with Crippen LogP contribution < -0.4 is 0 Å². The standard InChI is InChI=1S/C5H7NO2/c1-4(3-6)2-5(7)8/h4H,2H2,1H3,(H,7,8)/t4-/m0/s1. The van der Waals surface area contributed by atoms with E-state index in [1.165, 1.54) is 0 Å². The first-order chi connectivity index (χ1) is 3.66. The van der Waals surface area contributed by atoms with Crippen LogP contribution in [-0.4, -0.2) is 11.1 Å². The van der Waals surface area contributed by atoms with E-state index in [1.54, 1.807) is 6.92 Å². The first kappa shape index (κ1) is 6.96. The minimum absolute atomic E-state index is 0.0590. The molecule has 0 saturated carbocycles. The van der Waals surface area contributed by atoms with Crippen LogP contribution in [0.3, 0.4) is 0 Å². The van der Waals surface area contributed by atoms with Crippen molar-refractivity contribution in [2.75, 3.05) is 0 Å². The maximum Gasteiger partial charge on any atom is 0.304 e. The normalized spacial score (nSPS) is 12.0. The number of hydrogen-bond donors (Lipinski definition) is 1. The SMILES string of the molecule is C[C@H](C#N)CC(=O)O. The molecule has 3 heteroatoms. The predicted octanol–water partition coefficient (Wildman–Crippen LogP) is 0.621. The van der Waals surface area contributed by atoms with Gasteiger partial charge in [0.2, 0.25) is 0 Å². The monoisotopic (exact) mass is 113 g/mol. The van der Waals surface area contributed by atoms with E-state index >= 15 is 0 Å². The number of carbonyl (C=O) groups is 1. The Labute approximate surface area is 47.5 Å². The Balaban J connectivity index is 3.43. The fraction of sp³-hybridized carbons (Fsp3) is 0.600. The zero-order chi connectivity index (χ0) is 6.57. The molecular weight excluding hydrogens is 106 g/mol. The Morgan fingerprint density at radius 1 is 2.00 bits per heavy atom. The number of rotatable bonds is 2. The van der Waals surface area contributed by atoms with Gasteiger partial charge in [0.1, 0.15) is 0 Å². The van der Waals surface area contributed by atoms with E-state index in [4.69, 9.17) is 10.4 Å². The van der Waals surface area contributed by atoms with Gasteiger partial charge in [-0.05, 0) is 6.92 Å². The van der Waals surface area contributed by atoms with Gasteiger partial charge in [0.05, 0.1) is 18.4 Å². The van der Waals surface area contributed by atoms with Crippen LogP contribution in [0.2, 0.25) is 0 Å². The van der Waals surface area contributed by atoms with Gasteiger partial charge in [-0.3, -0.25) is 4.79 Å². The highest BCUT2D eigenvalue weighted by Crippen LogP contribution is 1.96. The molecule has 0 amide bonds. The van der Waals surface area contributed by atoms with Crippen molar-refractivity contribution < 1.29 is 9.90 Å². The second-order valence-electron chi connectivity index (χ2n) is 1.63. The van der Waals surface area contributed by atoms with Crippen molar-refractivity contribution in [3.63, 3.8) is 0 Å². The second kappa shape index (κ2) is 3.03. The van der Waals surface area contributed by atoms with Gasteiger partial charge in [-0.2, -0.15) is 5.26 Å². The van der Waals surface area contributed by atoms with Gasteiger partial charge >= 0.3 is 5.97 Å². The molecule has 8 heavy (non-hydrogen) atoms. The molecule has 0 heterocycles. The molecule has 0 radical (unpaired) electrons. The average Bonchev–Trinajstić information content (AvgIpc) is 1.65. The van der Waals surface area contributed by atoms with Crippen molar-refractivity contribution in [1.29, 1.82) is 5.26 Å². The first-order valence-electron chi connectivity index (χ1n) is 2.28. The summed E-state index contributed by atoms with van der Waals surface area (Å²) in [6.45, 7) is 1.58. The van der Waals surface area contributed by atoms with E-state index in [0.717, 1.165) is 0 Å². The Kier molecular flexibility index (Phi) is 2.63. The van der Waals surface area contributed by atoms with Crippen LogP contribution in [0.1, 0.15) is 13.3 Å². The summed E-state index contributed by atoms with van der Waals surface area (Å²) < 4.78 is 0. The Morgan fingerprint density at radius 2 is 2.50 bits per heavy atom. The fourth-order valence-corrected chi connectivity index (χ4v) is 0.308. The molecule has 0 saturated heterocycles. The lowest BCUT2D eigenvalue weighted by Crippen LogP contribution is -2.00. The van der Waals surface area contributed by atoms with Gasteiger partial charge in [-0.1, -0.05) is 0 Å². The van der Waals surface area contributed by atoms with Gasteiger partial charge in [-0.25, -0.2) is 0 Å². The third-order valence-corrected chi connectivity index (χ3v) is 0.701. The minimum atomic E-state index is -0.918. The Bertz CT molecular complexity index is 125. The van der Waals surface area contributed by atoms with Crippen molar-refractivity contribution >= 4 is 5.97 Å². The summed E-state index contributed by atoms with van der Waals surface area (Å²) in [6, 6.07) is 1.82. The lowest BCUT2D eigenvalue weighted by molar-refractivity contribution is -0.137. The Hall–Kier alpha value is -1.04. The van der Waals surface area contributed by atoms with Crippen molar-refractivity contribution in [3.05, 3.63) is 0 Å². The highest BCUT2D eigenvalue weighted by molar-refractivity contribution is 5.67. The smallest absolute Gasteiger partial charge is 0.304 e. The molecule has 1 N–H and O–H groups in total. The van der Waals surface area contributed by atoms with E-state index in [1.807, 2.05) is 6.07 Å². The van der Waals surface area contributed by atoms with Gasteiger partial charge in [0, 0.05) is 0 Å². The number of aliphatic carboxylic acids is 1. The van der Waals surface area contributed by atoms with E-state index < -0.39 is 5.97 Å². The summed E-state index contributed by atoms with van der Waals surface area (Å²) in [5.41, 5.74) is 0. The Morgan fingerprint density at radius 3 is 2.62 bits per heavy atom. The molecule has 0 aliphatic carbocycles. The molecule has 0 aromatic rings. The van der Waals surface area contributed by atoms with Crippen LogP contribution in [-0.2, 0) is 4.79 Å². The first-order valence-corrected chi connectivity index (χ1v) is 2.28. The van der Waals surface area contributed by atoms with E-state index in [2.05, 4.69) is 0 Å². The largest absolute Gasteiger partial charge is 0.481 e. The van der Waals surface area contributed by atoms with Crippen LogP contribution in [0.25, 0.3) is 0 Å². The number of hydrogen-bond acceptors (Lipinski definition) is 2. The molecule has 0 aliphatic rings. The highest BCUT2D eigenvalue weighted by atomic mass is 16.4. The summed E-state index contributed by atoms with van der Waals surface area (Å²) in [4.78, 5) is 9.82. The molecule has 0 rings (SSSR count). The second-order valence-corrected chi connectivity index (χ2v) is 1.63. The van der Waals surface area contributed by atoms with Gasteiger partial charge in [0.25, 0.3) is 0 Å². The molecule has 0 aliphatic heterocycles. The van der Waals surface area contributed by atoms with Crippen molar-refractivity contribution in [2.45, 2.75) is 13.3 Å². The molecular formula is C5H7NO2. The van der Waals surface area contributed by atoms with Gasteiger partial charge < -0.3 is 5.11 Å². The molecule has 0 unspecified atom stereocenters.